The molecule has 0 bridgehead atoms. The van der Waals surface area contributed by atoms with E-state index in [4.69, 9.17) is 5.11 Å². The number of nitrogens with zero attached hydrogens (tertiary/aromatic N) is 2. The molecular formula is C20H30FN3O4S. The molecule has 2 aromatic rings. The van der Waals surface area contributed by atoms with Crippen molar-refractivity contribution in [1.29, 1.82) is 0 Å². The maximum Gasteiger partial charge on any atom is 0.326 e. The van der Waals surface area contributed by atoms with Crippen LogP contribution in [0.2, 0.25) is 0 Å². The predicted octanol–water partition coefficient (Wildman–Crippen LogP) is 2.99. The van der Waals surface area contributed by atoms with E-state index in [-0.39, 0.29) is 18.0 Å². The molecule has 0 radical (unpaired) electrons. The van der Waals surface area contributed by atoms with Gasteiger partial charge in [0.2, 0.25) is 0 Å². The van der Waals surface area contributed by atoms with Crippen LogP contribution in [0.3, 0.4) is 0 Å². The summed E-state index contributed by atoms with van der Waals surface area (Å²) in [5.74, 6) is 1.01. The lowest BCUT2D eigenvalue weighted by molar-refractivity contribution is -0.108. The Balaban J connectivity index is 0.000000293. The average Bonchev–Trinajstić information content (AvgIpc) is 2.96. The third kappa shape index (κ3) is 8.12. The van der Waals surface area contributed by atoms with Gasteiger partial charge in [-0.25, -0.2) is 9.10 Å². The molecule has 7 nitrogen and oxygen atoms in total. The number of halogens is 1. The summed E-state index contributed by atoms with van der Waals surface area (Å²) in [4.78, 5) is 33.4. The second-order valence-electron chi connectivity index (χ2n) is 7.13. The SMILES string of the molecule is CN(C)SF.Cn1c(=O)[nH]c2ccc(C3CC(CO)C3)cc21.O=CCCCC=O. The largest absolute Gasteiger partial charge is 0.396 e. The van der Waals surface area contributed by atoms with E-state index in [0.717, 1.165) is 36.4 Å². The highest BCUT2D eigenvalue weighted by Crippen LogP contribution is 2.41. The number of benzene rings is 1. The van der Waals surface area contributed by atoms with Gasteiger partial charge in [-0.15, -0.1) is 3.89 Å². The molecule has 0 saturated heterocycles. The number of carbonyl (C=O) groups is 2. The number of carbonyl (C=O) groups excluding carboxylic acids is 2. The molecule has 162 valence electrons. The van der Waals surface area contributed by atoms with Crippen molar-refractivity contribution in [2.45, 2.75) is 38.0 Å². The summed E-state index contributed by atoms with van der Waals surface area (Å²) in [6.07, 6.45) is 5.48. The van der Waals surface area contributed by atoms with Gasteiger partial charge in [0.25, 0.3) is 0 Å². The van der Waals surface area contributed by atoms with Crippen LogP contribution >= 0.6 is 12.3 Å². The summed E-state index contributed by atoms with van der Waals surface area (Å²) in [5.41, 5.74) is 3.05. The van der Waals surface area contributed by atoms with Gasteiger partial charge in [-0.2, -0.15) is 0 Å². The summed E-state index contributed by atoms with van der Waals surface area (Å²) in [6, 6.07) is 6.14. The fourth-order valence-corrected chi connectivity index (χ4v) is 2.94. The molecule has 29 heavy (non-hydrogen) atoms. The second-order valence-corrected chi connectivity index (χ2v) is 8.00. The Morgan fingerprint density at radius 3 is 2.34 bits per heavy atom. The fourth-order valence-electron chi connectivity index (χ4n) is 2.94. The molecule has 1 aromatic heterocycles. The molecule has 1 aromatic carbocycles. The summed E-state index contributed by atoms with van der Waals surface area (Å²) in [5, 5.41) is 9.02. The quantitative estimate of drug-likeness (QED) is 0.401. The second kappa shape index (κ2) is 13.3. The first kappa shape index (κ1) is 25.1. The van der Waals surface area contributed by atoms with Crippen molar-refractivity contribution in [1.82, 2.24) is 13.9 Å². The van der Waals surface area contributed by atoms with Gasteiger partial charge in [0.15, 0.2) is 0 Å². The number of aliphatic hydroxyl groups is 1. The van der Waals surface area contributed by atoms with Gasteiger partial charge in [-0.3, -0.25) is 4.57 Å². The molecule has 1 saturated carbocycles. The number of H-pyrrole nitrogens is 1. The van der Waals surface area contributed by atoms with Crippen LogP contribution in [-0.4, -0.2) is 52.2 Å². The van der Waals surface area contributed by atoms with Crippen LogP contribution in [0.5, 0.6) is 0 Å². The first-order valence-electron chi connectivity index (χ1n) is 9.50. The number of aromatic amines is 1. The van der Waals surface area contributed by atoms with Crippen molar-refractivity contribution >= 4 is 35.9 Å². The molecule has 1 heterocycles. The number of hydrogen-bond donors (Lipinski definition) is 2. The Labute approximate surface area is 174 Å². The number of fused-ring (bicyclic) bond motifs is 1. The molecule has 2 N–H and O–H groups in total. The summed E-state index contributed by atoms with van der Waals surface area (Å²) < 4.78 is 14.0. The molecule has 3 rings (SSSR count). The summed E-state index contributed by atoms with van der Waals surface area (Å²) >= 11 is 0.213. The monoisotopic (exact) mass is 427 g/mol. The van der Waals surface area contributed by atoms with Crippen molar-refractivity contribution in [3.05, 3.63) is 34.2 Å². The van der Waals surface area contributed by atoms with E-state index < -0.39 is 0 Å². The van der Waals surface area contributed by atoms with Crippen LogP contribution in [0.1, 0.15) is 43.6 Å². The minimum Gasteiger partial charge on any atom is -0.396 e. The summed E-state index contributed by atoms with van der Waals surface area (Å²) in [6.45, 7) is 0.293. The number of imidazole rings is 1. The molecule has 1 aliphatic rings. The normalized spacial score (nSPS) is 17.6. The number of nitrogens with one attached hydrogen (secondary N) is 1. The van der Waals surface area contributed by atoms with Crippen LogP contribution in [0, 0.1) is 5.92 Å². The van der Waals surface area contributed by atoms with E-state index in [1.54, 1.807) is 25.7 Å². The Bertz CT molecular complexity index is 808. The van der Waals surface area contributed by atoms with E-state index in [1.165, 1.54) is 9.87 Å². The third-order valence-corrected chi connectivity index (χ3v) is 4.95. The number of rotatable bonds is 7. The molecule has 0 atom stereocenters. The van der Waals surface area contributed by atoms with Crippen molar-refractivity contribution in [2.75, 3.05) is 20.7 Å². The van der Waals surface area contributed by atoms with Crippen LogP contribution in [0.15, 0.2) is 23.0 Å². The van der Waals surface area contributed by atoms with E-state index in [0.29, 0.717) is 37.7 Å². The Morgan fingerprint density at radius 1 is 1.28 bits per heavy atom. The van der Waals surface area contributed by atoms with E-state index in [9.17, 15) is 18.3 Å². The first-order chi connectivity index (χ1) is 13.9. The lowest BCUT2D eigenvalue weighted by atomic mass is 9.72. The van der Waals surface area contributed by atoms with Gasteiger partial charge in [-0.1, -0.05) is 6.07 Å². The van der Waals surface area contributed by atoms with Crippen LogP contribution in [0.4, 0.5) is 3.89 Å². The van der Waals surface area contributed by atoms with Gasteiger partial charge in [0.1, 0.15) is 24.9 Å². The lowest BCUT2D eigenvalue weighted by Gasteiger charge is -2.34. The standard InChI is InChI=1S/C13H16N2O2.C5H8O2.C2H6FNS/c1-15-12-6-9(10-4-8(5-10)7-16)2-3-11(12)14-13(15)17;6-4-2-1-3-5-7;1-4(2)5-3/h2-3,6,8,10,16H,4-5,7H2,1H3,(H,14,17);4-5H,1-3H2;1-2H3. The molecular weight excluding hydrogens is 397 g/mol. The van der Waals surface area contributed by atoms with E-state index in [1.807, 2.05) is 6.07 Å². The summed E-state index contributed by atoms with van der Waals surface area (Å²) in [7, 11) is 5.07. The number of aryl methyl sites for hydroxylation is 1. The van der Waals surface area contributed by atoms with Gasteiger partial charge in [-0.05, 0) is 62.9 Å². The lowest BCUT2D eigenvalue weighted by Crippen LogP contribution is -2.24. The zero-order valence-corrected chi connectivity index (χ0v) is 18.0. The van der Waals surface area contributed by atoms with Gasteiger partial charge in [0, 0.05) is 26.5 Å². The van der Waals surface area contributed by atoms with Gasteiger partial charge in [0.05, 0.1) is 11.0 Å². The minimum atomic E-state index is -0.0704. The molecule has 0 unspecified atom stereocenters. The van der Waals surface area contributed by atoms with Crippen LogP contribution in [-0.2, 0) is 16.6 Å². The molecule has 0 amide bonds. The minimum absolute atomic E-state index is 0.0704. The van der Waals surface area contributed by atoms with Crippen LogP contribution in [0.25, 0.3) is 11.0 Å². The first-order valence-corrected chi connectivity index (χ1v) is 10.2. The van der Waals surface area contributed by atoms with E-state index >= 15 is 0 Å². The third-order valence-electron chi connectivity index (χ3n) is 4.68. The highest BCUT2D eigenvalue weighted by molar-refractivity contribution is 7.91. The average molecular weight is 428 g/mol. The number of aromatic nitrogens is 2. The van der Waals surface area contributed by atoms with Gasteiger partial charge >= 0.3 is 5.69 Å². The molecule has 1 aliphatic carbocycles. The number of aliphatic hydroxyl groups excluding tert-OH is 1. The fraction of sp³-hybridized carbons (Fsp3) is 0.550. The van der Waals surface area contributed by atoms with Crippen LogP contribution < -0.4 is 5.69 Å². The maximum absolute atomic E-state index is 11.5. The van der Waals surface area contributed by atoms with Crippen molar-refractivity contribution in [3.8, 4) is 0 Å². The topological polar surface area (TPSA) is 95.4 Å². The maximum atomic E-state index is 11.5. The van der Waals surface area contributed by atoms with Crippen molar-refractivity contribution in [2.24, 2.45) is 13.0 Å². The van der Waals surface area contributed by atoms with Gasteiger partial charge < -0.3 is 19.7 Å². The molecule has 1 fully saturated rings. The number of aldehydes is 2. The smallest absolute Gasteiger partial charge is 0.326 e. The zero-order valence-electron chi connectivity index (χ0n) is 17.1. The van der Waals surface area contributed by atoms with Crippen molar-refractivity contribution in [3.63, 3.8) is 0 Å². The van der Waals surface area contributed by atoms with Crippen molar-refractivity contribution < 1.29 is 18.6 Å². The molecule has 0 aliphatic heterocycles. The van der Waals surface area contributed by atoms with E-state index in [2.05, 4.69) is 17.1 Å². The Morgan fingerprint density at radius 2 is 1.86 bits per heavy atom. The molecule has 0 spiro atoms. The predicted molar refractivity (Wildman–Crippen MR) is 114 cm³/mol. The Kier molecular flexibility index (Phi) is 11.5. The molecule has 9 heteroatoms. The highest BCUT2D eigenvalue weighted by atomic mass is 32.2. The zero-order chi connectivity index (χ0) is 21.8. The Hall–Kier alpha value is -1.97. The number of unbranched alkanes of at least 4 members (excludes halogenated alkanes) is 2. The highest BCUT2D eigenvalue weighted by Gasteiger charge is 2.29. The number of hydrogen-bond acceptors (Lipinski definition) is 6.